The second kappa shape index (κ2) is 7.79. The van der Waals surface area contributed by atoms with E-state index in [1.807, 2.05) is 36.5 Å². The van der Waals surface area contributed by atoms with Crippen molar-refractivity contribution in [2.75, 3.05) is 18.6 Å². The van der Waals surface area contributed by atoms with E-state index < -0.39 is 0 Å². The van der Waals surface area contributed by atoms with E-state index in [1.165, 1.54) is 5.56 Å². The van der Waals surface area contributed by atoms with Crippen LogP contribution in [0.1, 0.15) is 18.1 Å². The van der Waals surface area contributed by atoms with E-state index >= 15 is 0 Å². The molecule has 0 aliphatic heterocycles. The maximum absolute atomic E-state index is 12.7. The molecule has 1 amide bonds. The molecule has 2 aromatic carbocycles. The predicted octanol–water partition coefficient (Wildman–Crippen LogP) is 3.95. The molecule has 1 aromatic heterocycles. The van der Waals surface area contributed by atoms with Gasteiger partial charge in [-0.2, -0.15) is 0 Å². The first kappa shape index (κ1) is 17.6. The molecule has 0 saturated heterocycles. The van der Waals surface area contributed by atoms with E-state index in [9.17, 15) is 4.79 Å². The molecular weight excluding hydrogens is 324 g/mol. The summed E-state index contributed by atoms with van der Waals surface area (Å²) in [6.45, 7) is 2.36. The lowest BCUT2D eigenvalue weighted by Gasteiger charge is -2.17. The Bertz CT molecular complexity index is 948. The molecule has 0 aliphatic carbocycles. The molecule has 0 atom stereocenters. The number of ether oxygens (including phenoxy) is 1. The van der Waals surface area contributed by atoms with Crippen LogP contribution in [0.25, 0.3) is 10.9 Å². The number of carbonyl (C=O) groups excluding carboxylic acids is 1. The van der Waals surface area contributed by atoms with Gasteiger partial charge in [0.25, 0.3) is 0 Å². The number of fused-ring (bicyclic) bond motifs is 1. The van der Waals surface area contributed by atoms with Crippen LogP contribution in [0.2, 0.25) is 0 Å². The van der Waals surface area contributed by atoms with Gasteiger partial charge in [0, 0.05) is 29.8 Å². The lowest BCUT2D eigenvalue weighted by atomic mass is 10.1. The predicted molar refractivity (Wildman–Crippen MR) is 106 cm³/mol. The first-order valence-corrected chi connectivity index (χ1v) is 8.64. The summed E-state index contributed by atoms with van der Waals surface area (Å²) in [5, 5.41) is 1.11. The Morgan fingerprint density at radius 3 is 2.65 bits per heavy atom. The molecule has 3 rings (SSSR count). The lowest BCUT2D eigenvalue weighted by molar-refractivity contribution is -0.117. The Hall–Kier alpha value is -3.19. The summed E-state index contributed by atoms with van der Waals surface area (Å²) in [5.41, 5.74) is 4.21. The molecule has 0 spiro atoms. The van der Waals surface area contributed by atoms with Crippen LogP contribution in [0.5, 0.6) is 5.75 Å². The quantitative estimate of drug-likeness (QED) is 0.687. The van der Waals surface area contributed by atoms with Gasteiger partial charge in [-0.25, -0.2) is 0 Å². The summed E-state index contributed by atoms with van der Waals surface area (Å²) in [5.74, 6) is 3.15. The first-order valence-electron chi connectivity index (χ1n) is 8.64. The fourth-order valence-corrected chi connectivity index (χ4v) is 3.03. The third-order valence-electron chi connectivity index (χ3n) is 4.53. The number of amides is 1. The molecule has 0 aliphatic rings. The highest BCUT2D eigenvalue weighted by molar-refractivity contribution is 5.97. The van der Waals surface area contributed by atoms with Gasteiger partial charge in [0.15, 0.2) is 0 Å². The van der Waals surface area contributed by atoms with Crippen molar-refractivity contribution >= 4 is 22.5 Å². The molecule has 0 fully saturated rings. The molecule has 0 radical (unpaired) electrons. The Morgan fingerprint density at radius 1 is 1.19 bits per heavy atom. The summed E-state index contributed by atoms with van der Waals surface area (Å²) in [6, 6.07) is 13.6. The van der Waals surface area contributed by atoms with Crippen molar-refractivity contribution in [1.82, 2.24) is 4.98 Å². The number of terminal acetylenes is 1. The number of anilines is 1. The summed E-state index contributed by atoms with van der Waals surface area (Å²) < 4.78 is 5.36. The van der Waals surface area contributed by atoms with Crippen LogP contribution in [-0.2, 0) is 17.6 Å². The van der Waals surface area contributed by atoms with Crippen molar-refractivity contribution in [3.63, 3.8) is 0 Å². The average molecular weight is 346 g/mol. The van der Waals surface area contributed by atoms with E-state index in [1.54, 1.807) is 11.9 Å². The molecule has 4 nitrogen and oxygen atoms in total. The molecule has 1 N–H and O–H groups in total. The molecule has 0 bridgehead atoms. The Morgan fingerprint density at radius 2 is 1.96 bits per heavy atom. The zero-order valence-corrected chi connectivity index (χ0v) is 15.1. The van der Waals surface area contributed by atoms with Gasteiger partial charge in [-0.05, 0) is 41.8 Å². The van der Waals surface area contributed by atoms with Crippen LogP contribution in [-0.4, -0.2) is 24.5 Å². The maximum atomic E-state index is 12.7. The number of aryl methyl sites for hydroxylation is 1. The summed E-state index contributed by atoms with van der Waals surface area (Å²) >= 11 is 0. The number of nitrogens with one attached hydrogen (secondary N) is 1. The Kier molecular flexibility index (Phi) is 5.28. The molecule has 3 aromatic rings. The van der Waals surface area contributed by atoms with Crippen molar-refractivity contribution < 1.29 is 9.53 Å². The topological polar surface area (TPSA) is 45.3 Å². The number of carbonyl (C=O) groups is 1. The van der Waals surface area contributed by atoms with E-state index in [4.69, 9.17) is 11.2 Å². The van der Waals surface area contributed by atoms with Gasteiger partial charge in [-0.1, -0.05) is 31.0 Å². The van der Waals surface area contributed by atoms with Crippen LogP contribution in [0, 0.1) is 12.3 Å². The number of hydrogen-bond acceptors (Lipinski definition) is 2. The largest absolute Gasteiger partial charge is 0.481 e. The van der Waals surface area contributed by atoms with Crippen molar-refractivity contribution in [2.45, 2.75) is 19.8 Å². The second-order valence-electron chi connectivity index (χ2n) is 6.12. The zero-order valence-electron chi connectivity index (χ0n) is 15.1. The van der Waals surface area contributed by atoms with Gasteiger partial charge in [-0.15, -0.1) is 6.42 Å². The molecule has 132 valence electrons. The highest BCUT2D eigenvalue weighted by Gasteiger charge is 2.15. The smallest absolute Gasteiger partial charge is 0.231 e. The van der Waals surface area contributed by atoms with Gasteiger partial charge < -0.3 is 14.6 Å². The van der Waals surface area contributed by atoms with Gasteiger partial charge in [-0.3, -0.25) is 4.79 Å². The van der Waals surface area contributed by atoms with Crippen LogP contribution in [0.4, 0.5) is 5.69 Å². The number of hydrogen-bond donors (Lipinski definition) is 1. The number of aromatic nitrogens is 1. The molecule has 4 heteroatoms. The van der Waals surface area contributed by atoms with Crippen LogP contribution < -0.4 is 9.64 Å². The second-order valence-corrected chi connectivity index (χ2v) is 6.12. The Balaban J connectivity index is 1.74. The minimum absolute atomic E-state index is 0.0325. The summed E-state index contributed by atoms with van der Waals surface area (Å²) in [4.78, 5) is 17.7. The molecule has 0 unspecified atom stereocenters. The van der Waals surface area contributed by atoms with Gasteiger partial charge in [0.1, 0.15) is 12.4 Å². The van der Waals surface area contributed by atoms with Crippen molar-refractivity contribution in [3.8, 4) is 18.1 Å². The van der Waals surface area contributed by atoms with E-state index in [-0.39, 0.29) is 12.5 Å². The van der Waals surface area contributed by atoms with Crippen LogP contribution in [0.15, 0.2) is 48.7 Å². The number of likely N-dealkylation sites (N-methyl/N-ethyl adjacent to an activating group) is 1. The van der Waals surface area contributed by atoms with Crippen molar-refractivity contribution in [2.24, 2.45) is 0 Å². The normalized spacial score (nSPS) is 10.5. The average Bonchev–Trinajstić information content (AvgIpc) is 3.09. The SMILES string of the molecule is C#CCOc1ccc(N(C)C(=O)Cc2c[nH]c3c(CC)cccc23)cc1. The first-order chi connectivity index (χ1) is 12.6. The fraction of sp³-hybridized carbons (Fsp3) is 0.227. The standard InChI is InChI=1S/C22H22N2O2/c1-4-13-26-19-11-9-18(10-12-19)24(3)21(25)14-17-15-23-22-16(5-2)7-6-8-20(17)22/h1,6-12,15,23H,5,13-14H2,2-3H3. The van der Waals surface area contributed by atoms with Crippen molar-refractivity contribution in [3.05, 3.63) is 59.8 Å². The third-order valence-corrected chi connectivity index (χ3v) is 4.53. The molecule has 1 heterocycles. The van der Waals surface area contributed by atoms with E-state index in [2.05, 4.69) is 30.0 Å². The maximum Gasteiger partial charge on any atom is 0.231 e. The number of H-pyrrole nitrogens is 1. The summed E-state index contributed by atoms with van der Waals surface area (Å²) in [7, 11) is 1.78. The number of benzene rings is 2. The van der Waals surface area contributed by atoms with Crippen molar-refractivity contribution in [1.29, 1.82) is 0 Å². The number of nitrogens with zero attached hydrogens (tertiary/aromatic N) is 1. The Labute approximate surface area is 153 Å². The fourth-order valence-electron chi connectivity index (χ4n) is 3.03. The third kappa shape index (κ3) is 3.57. The van der Waals surface area contributed by atoms with Gasteiger partial charge in [0.05, 0.1) is 6.42 Å². The number of aromatic amines is 1. The highest BCUT2D eigenvalue weighted by atomic mass is 16.5. The number of para-hydroxylation sites is 1. The van der Waals surface area contributed by atoms with E-state index in [0.717, 1.165) is 28.6 Å². The van der Waals surface area contributed by atoms with Crippen LogP contribution in [0.3, 0.4) is 0 Å². The number of rotatable bonds is 6. The molecule has 0 saturated carbocycles. The van der Waals surface area contributed by atoms with Gasteiger partial charge in [0.2, 0.25) is 5.91 Å². The summed E-state index contributed by atoms with van der Waals surface area (Å²) in [6.07, 6.45) is 8.43. The minimum Gasteiger partial charge on any atom is -0.481 e. The van der Waals surface area contributed by atoms with E-state index in [0.29, 0.717) is 12.2 Å². The lowest BCUT2D eigenvalue weighted by Crippen LogP contribution is -2.27. The zero-order chi connectivity index (χ0) is 18.5. The molecular formula is C22H22N2O2. The van der Waals surface area contributed by atoms with Gasteiger partial charge >= 0.3 is 0 Å². The monoisotopic (exact) mass is 346 g/mol. The van der Waals surface area contributed by atoms with Crippen LogP contribution >= 0.6 is 0 Å². The highest BCUT2D eigenvalue weighted by Crippen LogP contribution is 2.24. The molecule has 26 heavy (non-hydrogen) atoms. The minimum atomic E-state index is 0.0325.